The number of benzene rings is 1. The van der Waals surface area contributed by atoms with Gasteiger partial charge in [-0.05, 0) is 50.5 Å². The highest BCUT2D eigenvalue weighted by Gasteiger charge is 2.08. The van der Waals surface area contributed by atoms with Crippen molar-refractivity contribution in [2.45, 2.75) is 40.3 Å². The third-order valence-electron chi connectivity index (χ3n) is 4.59. The van der Waals surface area contributed by atoms with Crippen LogP contribution in [-0.4, -0.2) is 25.0 Å². The molecule has 0 aromatic heterocycles. The van der Waals surface area contributed by atoms with Crippen molar-refractivity contribution in [3.05, 3.63) is 94.8 Å². The second kappa shape index (κ2) is 11.4. The Morgan fingerprint density at radius 3 is 2.64 bits per heavy atom. The Balaban J connectivity index is 2.16. The zero-order valence-corrected chi connectivity index (χ0v) is 17.4. The average molecular weight is 379 g/mol. The van der Waals surface area contributed by atoms with Crippen LogP contribution >= 0.6 is 0 Å². The number of alkyl halides is 1. The monoisotopic (exact) mass is 378 g/mol. The van der Waals surface area contributed by atoms with E-state index in [1.807, 2.05) is 44.2 Å². The molecule has 1 aromatic rings. The topological polar surface area (TPSA) is 24.4 Å². The van der Waals surface area contributed by atoms with Crippen molar-refractivity contribution in [1.29, 1.82) is 0 Å². The van der Waals surface area contributed by atoms with E-state index in [0.717, 1.165) is 28.1 Å². The van der Waals surface area contributed by atoms with Crippen LogP contribution in [-0.2, 0) is 0 Å². The first-order valence-electron chi connectivity index (χ1n) is 9.83. The minimum Gasteiger partial charge on any atom is -0.307 e. The molecule has 0 heterocycles. The van der Waals surface area contributed by atoms with Crippen LogP contribution in [0.4, 0.5) is 4.39 Å². The van der Waals surface area contributed by atoms with E-state index in [-0.39, 0.29) is 0 Å². The van der Waals surface area contributed by atoms with Gasteiger partial charge in [-0.25, -0.2) is 4.39 Å². The zero-order valence-electron chi connectivity index (χ0n) is 17.4. The number of nitrogens with one attached hydrogen (secondary N) is 1. The van der Waals surface area contributed by atoms with Gasteiger partial charge in [-0.15, -0.1) is 0 Å². The number of hydrogen-bond acceptors (Lipinski definition) is 2. The van der Waals surface area contributed by atoms with Gasteiger partial charge in [0.25, 0.3) is 0 Å². The second-order valence-corrected chi connectivity index (χ2v) is 7.08. The first kappa shape index (κ1) is 21.8. The van der Waals surface area contributed by atoms with Crippen molar-refractivity contribution in [2.24, 2.45) is 4.99 Å². The molecule has 1 aromatic carbocycles. The Kier molecular flexibility index (Phi) is 8.83. The second-order valence-electron chi connectivity index (χ2n) is 7.08. The van der Waals surface area contributed by atoms with Crippen LogP contribution in [0.3, 0.4) is 0 Å². The highest BCUT2D eigenvalue weighted by molar-refractivity contribution is 5.99. The molecule has 0 saturated heterocycles. The van der Waals surface area contributed by atoms with Gasteiger partial charge in [-0.1, -0.05) is 66.3 Å². The van der Waals surface area contributed by atoms with Gasteiger partial charge in [0.1, 0.15) is 6.17 Å². The van der Waals surface area contributed by atoms with Crippen molar-refractivity contribution in [3.63, 3.8) is 0 Å². The van der Waals surface area contributed by atoms with Crippen molar-refractivity contribution in [3.8, 4) is 0 Å². The number of nitrogens with zero attached hydrogens (tertiary/aromatic N) is 1. The molecule has 0 radical (unpaired) electrons. The van der Waals surface area contributed by atoms with Crippen molar-refractivity contribution >= 4 is 5.71 Å². The number of rotatable bonds is 8. The number of halogens is 1. The first-order chi connectivity index (χ1) is 13.5. The van der Waals surface area contributed by atoms with Gasteiger partial charge in [0.15, 0.2) is 0 Å². The minimum absolute atomic E-state index is 0.476. The molecule has 1 atom stereocenters. The summed E-state index contributed by atoms with van der Waals surface area (Å²) >= 11 is 0. The van der Waals surface area contributed by atoms with Gasteiger partial charge < -0.3 is 5.32 Å². The molecule has 0 fully saturated rings. The Hall–Kier alpha value is -2.52. The van der Waals surface area contributed by atoms with Crippen LogP contribution in [0.1, 0.15) is 38.3 Å². The van der Waals surface area contributed by atoms with Crippen LogP contribution in [0.15, 0.2) is 88.6 Å². The molecule has 148 valence electrons. The molecule has 1 aliphatic carbocycles. The maximum atomic E-state index is 13.5. The SMILES string of the molecule is C\C=C/C=C\C(C)=C(/CNCC1=CC(F)CC=C1)N=C(C)c1ccc(C)cc1. The van der Waals surface area contributed by atoms with E-state index < -0.39 is 6.17 Å². The molecule has 1 N–H and O–H groups in total. The van der Waals surface area contributed by atoms with Crippen molar-refractivity contribution in [1.82, 2.24) is 5.32 Å². The molecule has 1 aliphatic rings. The molecular formula is C25H31FN2. The summed E-state index contributed by atoms with van der Waals surface area (Å²) in [6.07, 6.45) is 13.3. The van der Waals surface area contributed by atoms with E-state index in [1.165, 1.54) is 5.56 Å². The highest BCUT2D eigenvalue weighted by Crippen LogP contribution is 2.14. The standard InChI is InChI=1S/C25H31FN2/c1-5-6-7-9-20(3)25(18-27-17-22-10-8-11-24(26)16-22)28-21(4)23-14-12-19(2)13-15-23/h5-10,12-16,24,27H,11,17-18H2,1-4H3/b6-5-,9-7-,25-20+,28-21?. The Morgan fingerprint density at radius 2 is 1.96 bits per heavy atom. The molecular weight excluding hydrogens is 347 g/mol. The van der Waals surface area contributed by atoms with E-state index in [1.54, 1.807) is 6.08 Å². The van der Waals surface area contributed by atoms with Gasteiger partial charge >= 0.3 is 0 Å². The van der Waals surface area contributed by atoms with Crippen LogP contribution in [0, 0.1) is 6.92 Å². The van der Waals surface area contributed by atoms with E-state index in [0.29, 0.717) is 19.5 Å². The summed E-state index contributed by atoms with van der Waals surface area (Å²) in [6, 6.07) is 8.40. The lowest BCUT2D eigenvalue weighted by Gasteiger charge is -2.13. The fraction of sp³-hybridized carbons (Fsp3) is 0.320. The maximum absolute atomic E-state index is 13.5. The molecule has 3 heteroatoms. The van der Waals surface area contributed by atoms with Gasteiger partial charge in [0.2, 0.25) is 0 Å². The quantitative estimate of drug-likeness (QED) is 0.434. The Bertz CT molecular complexity index is 821. The number of aryl methyl sites for hydroxylation is 1. The van der Waals surface area contributed by atoms with Crippen molar-refractivity contribution in [2.75, 3.05) is 13.1 Å². The summed E-state index contributed by atoms with van der Waals surface area (Å²) < 4.78 is 13.5. The normalized spacial score (nSPS) is 18.7. The molecule has 0 spiro atoms. The Morgan fingerprint density at radius 1 is 1.21 bits per heavy atom. The van der Waals surface area contributed by atoms with E-state index >= 15 is 0 Å². The fourth-order valence-electron chi connectivity index (χ4n) is 2.88. The van der Waals surface area contributed by atoms with Crippen molar-refractivity contribution < 1.29 is 4.39 Å². The summed E-state index contributed by atoms with van der Waals surface area (Å²) in [6.45, 7) is 9.43. The molecule has 2 rings (SSSR count). The first-order valence-corrected chi connectivity index (χ1v) is 9.83. The summed E-state index contributed by atoms with van der Waals surface area (Å²) in [5.74, 6) is 0. The predicted octanol–water partition coefficient (Wildman–Crippen LogP) is 6.02. The van der Waals surface area contributed by atoms with E-state index in [4.69, 9.17) is 4.99 Å². The van der Waals surface area contributed by atoms with Gasteiger partial charge in [0, 0.05) is 25.2 Å². The molecule has 28 heavy (non-hydrogen) atoms. The van der Waals surface area contributed by atoms with Gasteiger partial charge in [-0.2, -0.15) is 0 Å². The number of allylic oxidation sites excluding steroid dienone is 7. The summed E-state index contributed by atoms with van der Waals surface area (Å²) in [5, 5.41) is 3.41. The van der Waals surface area contributed by atoms with Crippen LogP contribution in [0.25, 0.3) is 0 Å². The van der Waals surface area contributed by atoms with E-state index in [2.05, 4.69) is 49.5 Å². The molecule has 0 aliphatic heterocycles. The largest absolute Gasteiger partial charge is 0.307 e. The molecule has 0 amide bonds. The molecule has 1 unspecified atom stereocenters. The molecule has 0 saturated carbocycles. The Labute approximate surface area is 169 Å². The summed E-state index contributed by atoms with van der Waals surface area (Å²) in [7, 11) is 0. The maximum Gasteiger partial charge on any atom is 0.122 e. The highest BCUT2D eigenvalue weighted by atomic mass is 19.1. The summed E-state index contributed by atoms with van der Waals surface area (Å²) in [5.41, 5.74) is 6.41. The fourth-order valence-corrected chi connectivity index (χ4v) is 2.88. The number of hydrogen-bond donors (Lipinski definition) is 1. The predicted molar refractivity (Wildman–Crippen MR) is 120 cm³/mol. The summed E-state index contributed by atoms with van der Waals surface area (Å²) in [4.78, 5) is 4.90. The average Bonchev–Trinajstić information content (AvgIpc) is 2.68. The third-order valence-corrected chi connectivity index (χ3v) is 4.59. The molecule has 2 nitrogen and oxygen atoms in total. The van der Waals surface area contributed by atoms with Crippen LogP contribution < -0.4 is 5.32 Å². The third kappa shape index (κ3) is 7.24. The molecule has 0 bridgehead atoms. The lowest BCUT2D eigenvalue weighted by Crippen LogP contribution is -2.21. The smallest absolute Gasteiger partial charge is 0.122 e. The van der Waals surface area contributed by atoms with Crippen LogP contribution in [0.5, 0.6) is 0 Å². The van der Waals surface area contributed by atoms with E-state index in [9.17, 15) is 4.39 Å². The minimum atomic E-state index is -0.871. The lowest BCUT2D eigenvalue weighted by molar-refractivity contribution is 0.399. The van der Waals surface area contributed by atoms with Gasteiger partial charge in [0.05, 0.1) is 5.70 Å². The van der Waals surface area contributed by atoms with Crippen LogP contribution in [0.2, 0.25) is 0 Å². The zero-order chi connectivity index (χ0) is 20.4. The van der Waals surface area contributed by atoms with Gasteiger partial charge in [-0.3, -0.25) is 4.99 Å². The number of aliphatic imine (C=N–C) groups is 1. The lowest BCUT2D eigenvalue weighted by atomic mass is 10.1.